The fourth-order valence-electron chi connectivity index (χ4n) is 2.87. The van der Waals surface area contributed by atoms with Gasteiger partial charge in [0.2, 0.25) is 5.91 Å². The number of nitro groups is 1. The number of carbonyl (C=O) groups excluding carboxylic acids is 2. The summed E-state index contributed by atoms with van der Waals surface area (Å²) in [5.41, 5.74) is 1.07. The Kier molecular flexibility index (Phi) is 5.65. The first-order valence-electron chi connectivity index (χ1n) is 8.53. The second-order valence-corrected chi connectivity index (χ2v) is 6.28. The summed E-state index contributed by atoms with van der Waals surface area (Å²) in [6.45, 7) is 0.767. The summed E-state index contributed by atoms with van der Waals surface area (Å²) in [5.74, 6) is 0.178. The molecule has 1 unspecified atom stereocenters. The molecule has 0 spiro atoms. The normalized spacial score (nSPS) is 15.2. The van der Waals surface area contributed by atoms with E-state index in [0.717, 1.165) is 17.7 Å². The molecule has 3 rings (SSSR count). The standard InChI is InChI=1S/C19H19N3O5/c23-18(11-21-19(24)15-5-3-6-16(9-15)22(25)26)20-10-13-8-14-4-1-2-7-17(14)27-12-13/h1-7,9,13H,8,10-12H2,(H,20,23)(H,21,24). The van der Waals surface area contributed by atoms with Crippen LogP contribution in [0, 0.1) is 16.0 Å². The van der Waals surface area contributed by atoms with Crippen LogP contribution in [0.1, 0.15) is 15.9 Å². The fourth-order valence-corrected chi connectivity index (χ4v) is 2.87. The van der Waals surface area contributed by atoms with E-state index in [-0.39, 0.29) is 29.6 Å². The number of fused-ring (bicyclic) bond motifs is 1. The zero-order valence-corrected chi connectivity index (χ0v) is 14.5. The van der Waals surface area contributed by atoms with Crippen LogP contribution in [0.25, 0.3) is 0 Å². The number of amides is 2. The number of nitro benzene ring substituents is 1. The molecule has 0 aliphatic carbocycles. The summed E-state index contributed by atoms with van der Waals surface area (Å²) < 4.78 is 5.68. The van der Waals surface area contributed by atoms with Crippen molar-refractivity contribution in [1.82, 2.24) is 10.6 Å². The Morgan fingerprint density at radius 3 is 2.78 bits per heavy atom. The summed E-state index contributed by atoms with van der Waals surface area (Å²) in [5, 5.41) is 16.0. The highest BCUT2D eigenvalue weighted by molar-refractivity contribution is 5.96. The van der Waals surface area contributed by atoms with Crippen molar-refractivity contribution >= 4 is 17.5 Å². The molecule has 2 N–H and O–H groups in total. The Labute approximate surface area is 155 Å². The molecule has 1 aliphatic heterocycles. The van der Waals surface area contributed by atoms with Crippen molar-refractivity contribution in [3.8, 4) is 5.75 Å². The summed E-state index contributed by atoms with van der Waals surface area (Å²) in [6, 6.07) is 13.1. The van der Waals surface area contributed by atoms with Crippen LogP contribution in [0.3, 0.4) is 0 Å². The molecule has 140 valence electrons. The SMILES string of the molecule is O=C(CNC(=O)c1cccc([N+](=O)[O-])c1)NCC1COc2ccccc2C1. The quantitative estimate of drug-likeness (QED) is 0.595. The first-order valence-corrected chi connectivity index (χ1v) is 8.53. The van der Waals surface area contributed by atoms with Crippen LogP contribution in [-0.4, -0.2) is 36.4 Å². The number of nitrogens with one attached hydrogen (secondary N) is 2. The number of nitrogens with zero attached hydrogens (tertiary/aromatic N) is 1. The maximum Gasteiger partial charge on any atom is 0.270 e. The molecule has 0 bridgehead atoms. The summed E-state index contributed by atoms with van der Waals surface area (Å²) in [6.07, 6.45) is 0.816. The van der Waals surface area contributed by atoms with Crippen molar-refractivity contribution in [2.75, 3.05) is 19.7 Å². The molecule has 1 atom stereocenters. The zero-order valence-electron chi connectivity index (χ0n) is 14.5. The number of hydrogen-bond donors (Lipinski definition) is 2. The minimum Gasteiger partial charge on any atom is -0.493 e. The Morgan fingerprint density at radius 2 is 1.96 bits per heavy atom. The van der Waals surface area contributed by atoms with Crippen LogP contribution in [-0.2, 0) is 11.2 Å². The molecule has 1 aliphatic rings. The third-order valence-electron chi connectivity index (χ3n) is 4.27. The van der Waals surface area contributed by atoms with E-state index in [1.165, 1.54) is 24.3 Å². The molecule has 0 radical (unpaired) electrons. The number of ether oxygens (including phenoxy) is 1. The molecule has 27 heavy (non-hydrogen) atoms. The maximum atomic E-state index is 12.0. The van der Waals surface area contributed by atoms with Crippen LogP contribution >= 0.6 is 0 Å². The van der Waals surface area contributed by atoms with E-state index in [1.54, 1.807) is 0 Å². The number of rotatable bonds is 6. The van der Waals surface area contributed by atoms with Crippen LogP contribution in [0.4, 0.5) is 5.69 Å². The second kappa shape index (κ2) is 8.31. The molecule has 1 heterocycles. The van der Waals surface area contributed by atoms with E-state index < -0.39 is 10.8 Å². The fraction of sp³-hybridized carbons (Fsp3) is 0.263. The molecule has 2 aromatic carbocycles. The Morgan fingerprint density at radius 1 is 1.15 bits per heavy atom. The average Bonchev–Trinajstić information content (AvgIpc) is 2.70. The average molecular weight is 369 g/mol. The third-order valence-corrected chi connectivity index (χ3v) is 4.27. The van der Waals surface area contributed by atoms with E-state index in [9.17, 15) is 19.7 Å². The smallest absolute Gasteiger partial charge is 0.270 e. The predicted octanol–water partition coefficient (Wildman–Crippen LogP) is 1.69. The molecule has 0 saturated heterocycles. The second-order valence-electron chi connectivity index (χ2n) is 6.28. The minimum atomic E-state index is -0.576. The van der Waals surface area contributed by atoms with Gasteiger partial charge in [0.15, 0.2) is 0 Å². The van der Waals surface area contributed by atoms with Crippen LogP contribution in [0.15, 0.2) is 48.5 Å². The largest absolute Gasteiger partial charge is 0.493 e. The minimum absolute atomic E-state index is 0.134. The summed E-state index contributed by atoms with van der Waals surface area (Å²) in [4.78, 5) is 34.2. The topological polar surface area (TPSA) is 111 Å². The molecule has 0 aromatic heterocycles. The van der Waals surface area contributed by atoms with Gasteiger partial charge in [0, 0.05) is 30.2 Å². The number of non-ortho nitro benzene ring substituents is 1. The maximum absolute atomic E-state index is 12.0. The van der Waals surface area contributed by atoms with E-state index >= 15 is 0 Å². The monoisotopic (exact) mass is 369 g/mol. The first-order chi connectivity index (χ1) is 13.0. The highest BCUT2D eigenvalue weighted by Gasteiger charge is 2.20. The van der Waals surface area contributed by atoms with Gasteiger partial charge < -0.3 is 15.4 Å². The van der Waals surface area contributed by atoms with Crippen molar-refractivity contribution in [1.29, 1.82) is 0 Å². The first kappa shape index (κ1) is 18.4. The third kappa shape index (κ3) is 4.81. The molecular formula is C19H19N3O5. The highest BCUT2D eigenvalue weighted by Crippen LogP contribution is 2.26. The van der Waals surface area contributed by atoms with Gasteiger partial charge in [-0.15, -0.1) is 0 Å². The molecule has 2 aromatic rings. The lowest BCUT2D eigenvalue weighted by Crippen LogP contribution is -2.40. The van der Waals surface area contributed by atoms with Gasteiger partial charge in [-0.2, -0.15) is 0 Å². The lowest BCUT2D eigenvalue weighted by molar-refractivity contribution is -0.384. The predicted molar refractivity (Wildman–Crippen MR) is 97.6 cm³/mol. The molecule has 0 saturated carbocycles. The molecule has 8 heteroatoms. The van der Waals surface area contributed by atoms with Crippen LogP contribution in [0.2, 0.25) is 0 Å². The lowest BCUT2D eigenvalue weighted by Gasteiger charge is -2.25. The Balaban J connectivity index is 1.44. The van der Waals surface area contributed by atoms with Crippen molar-refractivity contribution in [3.05, 3.63) is 69.8 Å². The lowest BCUT2D eigenvalue weighted by atomic mass is 9.97. The molecular weight excluding hydrogens is 350 g/mol. The van der Waals surface area contributed by atoms with Crippen LogP contribution in [0.5, 0.6) is 5.75 Å². The van der Waals surface area contributed by atoms with Gasteiger partial charge in [0.05, 0.1) is 18.1 Å². The van der Waals surface area contributed by atoms with Crippen molar-refractivity contribution in [2.45, 2.75) is 6.42 Å². The van der Waals surface area contributed by atoms with Crippen molar-refractivity contribution < 1.29 is 19.2 Å². The molecule has 8 nitrogen and oxygen atoms in total. The van der Waals surface area contributed by atoms with E-state index in [4.69, 9.17) is 4.74 Å². The number of benzene rings is 2. The van der Waals surface area contributed by atoms with Crippen molar-refractivity contribution in [2.24, 2.45) is 5.92 Å². The summed E-state index contributed by atoms with van der Waals surface area (Å²) in [7, 11) is 0. The van der Waals surface area contributed by atoms with Crippen LogP contribution < -0.4 is 15.4 Å². The molecule has 2 amide bonds. The van der Waals surface area contributed by atoms with E-state index in [2.05, 4.69) is 10.6 Å². The Hall–Kier alpha value is -3.42. The van der Waals surface area contributed by atoms with Gasteiger partial charge in [-0.25, -0.2) is 0 Å². The van der Waals surface area contributed by atoms with E-state index in [1.807, 2.05) is 24.3 Å². The molecule has 0 fully saturated rings. The van der Waals surface area contributed by atoms with Gasteiger partial charge in [0.1, 0.15) is 5.75 Å². The summed E-state index contributed by atoms with van der Waals surface area (Å²) >= 11 is 0. The number of carbonyl (C=O) groups is 2. The Bertz CT molecular complexity index is 868. The number of hydrogen-bond acceptors (Lipinski definition) is 5. The van der Waals surface area contributed by atoms with Gasteiger partial charge in [-0.3, -0.25) is 19.7 Å². The van der Waals surface area contributed by atoms with Gasteiger partial charge >= 0.3 is 0 Å². The zero-order chi connectivity index (χ0) is 19.2. The van der Waals surface area contributed by atoms with Crippen molar-refractivity contribution in [3.63, 3.8) is 0 Å². The van der Waals surface area contributed by atoms with Gasteiger partial charge in [0.25, 0.3) is 11.6 Å². The highest BCUT2D eigenvalue weighted by atomic mass is 16.6. The van der Waals surface area contributed by atoms with Gasteiger partial charge in [-0.05, 0) is 24.1 Å². The number of para-hydroxylation sites is 1. The van der Waals surface area contributed by atoms with Gasteiger partial charge in [-0.1, -0.05) is 24.3 Å². The van der Waals surface area contributed by atoms with E-state index in [0.29, 0.717) is 13.2 Å².